The summed E-state index contributed by atoms with van der Waals surface area (Å²) in [5.74, 6) is 0.0405. The van der Waals surface area contributed by atoms with Crippen LogP contribution >= 0.6 is 11.3 Å². The van der Waals surface area contributed by atoms with Gasteiger partial charge in [-0.1, -0.05) is 0 Å². The van der Waals surface area contributed by atoms with Crippen molar-refractivity contribution in [1.82, 2.24) is 9.97 Å². The van der Waals surface area contributed by atoms with Gasteiger partial charge >= 0.3 is 6.18 Å². The van der Waals surface area contributed by atoms with Crippen molar-refractivity contribution in [2.75, 3.05) is 0 Å². The van der Waals surface area contributed by atoms with Crippen LogP contribution in [0, 0.1) is 11.3 Å². The first-order valence-corrected chi connectivity index (χ1v) is 8.00. The van der Waals surface area contributed by atoms with Crippen LogP contribution in [0.1, 0.15) is 24.0 Å². The molecule has 0 saturated heterocycles. The number of ether oxygens (including phenoxy) is 1. The number of hydrogen-bond acceptors (Lipinski definition) is 7. The molecule has 10 heteroatoms. The molecule has 0 spiro atoms. The molecule has 2 N–H and O–H groups in total. The summed E-state index contributed by atoms with van der Waals surface area (Å²) in [4.78, 5) is 11.7. The van der Waals surface area contributed by atoms with E-state index < -0.39 is 23.8 Å². The van der Waals surface area contributed by atoms with Gasteiger partial charge in [-0.3, -0.25) is 0 Å². The molecule has 3 rings (SSSR count). The zero-order chi connectivity index (χ0) is 18.2. The van der Waals surface area contributed by atoms with E-state index in [-0.39, 0.29) is 12.2 Å². The average molecular weight is 367 g/mol. The fourth-order valence-corrected chi connectivity index (χ4v) is 3.53. The molecule has 0 unspecified atom stereocenters. The van der Waals surface area contributed by atoms with Crippen LogP contribution in [-0.4, -0.2) is 28.2 Å². The molecular formula is C15H12F3N5OS. The van der Waals surface area contributed by atoms with Crippen LogP contribution in [0.25, 0.3) is 11.1 Å². The van der Waals surface area contributed by atoms with E-state index in [9.17, 15) is 13.2 Å². The minimum atomic E-state index is -4.49. The Morgan fingerprint density at radius 2 is 2.04 bits per heavy atom. The number of aliphatic imine (C=N–C) groups is 1. The van der Waals surface area contributed by atoms with Crippen LogP contribution in [0.4, 0.5) is 13.2 Å². The molecular weight excluding hydrogens is 355 g/mol. The van der Waals surface area contributed by atoms with Gasteiger partial charge in [0.15, 0.2) is 6.04 Å². The lowest BCUT2D eigenvalue weighted by atomic mass is 9.93. The minimum Gasteiger partial charge on any atom is -0.453 e. The molecule has 0 amide bonds. The molecule has 1 aliphatic rings. The number of alkyl halides is 3. The van der Waals surface area contributed by atoms with Crippen LogP contribution in [0.3, 0.4) is 0 Å². The van der Waals surface area contributed by atoms with Gasteiger partial charge in [0.1, 0.15) is 11.7 Å². The van der Waals surface area contributed by atoms with Crippen molar-refractivity contribution in [3.8, 4) is 17.2 Å². The molecule has 0 aromatic carbocycles. The highest BCUT2D eigenvalue weighted by molar-refractivity contribution is 7.10. The fraction of sp³-hybridized carbons (Fsp3) is 0.333. The Kier molecular flexibility index (Phi) is 4.12. The zero-order valence-electron chi connectivity index (χ0n) is 12.9. The Hall–Kier alpha value is -2.67. The topological polar surface area (TPSA) is 97.2 Å². The van der Waals surface area contributed by atoms with E-state index in [2.05, 4.69) is 15.0 Å². The van der Waals surface area contributed by atoms with Crippen molar-refractivity contribution < 1.29 is 17.9 Å². The normalized spacial score (nSPS) is 23.5. The zero-order valence-corrected chi connectivity index (χ0v) is 13.7. The maximum Gasteiger partial charge on any atom is 0.411 e. The third kappa shape index (κ3) is 3.41. The van der Waals surface area contributed by atoms with E-state index in [0.29, 0.717) is 10.4 Å². The Bertz CT molecular complexity index is 855. The van der Waals surface area contributed by atoms with Crippen LogP contribution in [-0.2, 0) is 10.3 Å². The molecule has 0 radical (unpaired) electrons. The smallest absolute Gasteiger partial charge is 0.411 e. The third-order valence-electron chi connectivity index (χ3n) is 3.78. The van der Waals surface area contributed by atoms with Gasteiger partial charge in [0, 0.05) is 29.3 Å². The van der Waals surface area contributed by atoms with Gasteiger partial charge in [0.25, 0.3) is 6.02 Å². The maximum atomic E-state index is 13.1. The van der Waals surface area contributed by atoms with E-state index in [1.165, 1.54) is 23.7 Å². The number of nitrogens with zero attached hydrogens (tertiary/aromatic N) is 4. The molecule has 3 heterocycles. The quantitative estimate of drug-likeness (QED) is 0.880. The summed E-state index contributed by atoms with van der Waals surface area (Å²) in [7, 11) is 0. The minimum absolute atomic E-state index is 0.0405. The lowest BCUT2D eigenvalue weighted by Gasteiger charge is -2.36. The highest BCUT2D eigenvalue weighted by atomic mass is 32.1. The van der Waals surface area contributed by atoms with Crippen LogP contribution < -0.4 is 5.73 Å². The SMILES string of the molecule is C[C@@]1(c2cc(-c3cnc(C#N)nc3)cs2)C[C@@H](C(F)(F)F)N=C(N)O1. The van der Waals surface area contributed by atoms with Crippen LogP contribution in [0.15, 0.2) is 28.8 Å². The molecule has 25 heavy (non-hydrogen) atoms. The van der Waals surface area contributed by atoms with Gasteiger partial charge in [-0.25, -0.2) is 15.0 Å². The summed E-state index contributed by atoms with van der Waals surface area (Å²) in [5, 5.41) is 10.5. The van der Waals surface area contributed by atoms with Gasteiger partial charge in [-0.15, -0.1) is 11.3 Å². The molecule has 2 aromatic heterocycles. The van der Waals surface area contributed by atoms with Crippen molar-refractivity contribution in [3.63, 3.8) is 0 Å². The van der Waals surface area contributed by atoms with Gasteiger partial charge in [0.2, 0.25) is 5.82 Å². The Balaban J connectivity index is 1.90. The van der Waals surface area contributed by atoms with E-state index in [0.717, 1.165) is 5.56 Å². The highest BCUT2D eigenvalue weighted by Gasteiger charge is 2.49. The first kappa shape index (κ1) is 17.2. The fourth-order valence-electron chi connectivity index (χ4n) is 2.51. The van der Waals surface area contributed by atoms with Gasteiger partial charge in [0.05, 0.1) is 0 Å². The van der Waals surface area contributed by atoms with Gasteiger partial charge in [-0.2, -0.15) is 18.4 Å². The second-order valence-corrected chi connectivity index (χ2v) is 6.58. The molecule has 0 bridgehead atoms. The number of hydrogen-bond donors (Lipinski definition) is 1. The number of aromatic nitrogens is 2. The van der Waals surface area contributed by atoms with Crippen molar-refractivity contribution in [2.24, 2.45) is 10.7 Å². The molecule has 0 aliphatic carbocycles. The molecule has 0 saturated carbocycles. The summed E-state index contributed by atoms with van der Waals surface area (Å²) in [6.07, 6.45) is -1.89. The molecule has 130 valence electrons. The summed E-state index contributed by atoms with van der Waals surface area (Å²) in [6, 6.07) is 1.14. The van der Waals surface area contributed by atoms with Crippen molar-refractivity contribution in [1.29, 1.82) is 5.26 Å². The predicted molar refractivity (Wildman–Crippen MR) is 84.6 cm³/mol. The van der Waals surface area contributed by atoms with Crippen LogP contribution in [0.5, 0.6) is 0 Å². The molecule has 2 aromatic rings. The van der Waals surface area contributed by atoms with E-state index in [4.69, 9.17) is 15.7 Å². The largest absolute Gasteiger partial charge is 0.453 e. The Morgan fingerprint density at radius 3 is 2.64 bits per heavy atom. The predicted octanol–water partition coefficient (Wildman–Crippen LogP) is 2.96. The number of nitriles is 1. The first-order valence-electron chi connectivity index (χ1n) is 7.12. The number of nitrogens with two attached hydrogens (primary N) is 1. The lowest BCUT2D eigenvalue weighted by molar-refractivity contribution is -0.163. The summed E-state index contributed by atoms with van der Waals surface area (Å²) in [6.45, 7) is 1.55. The van der Waals surface area contributed by atoms with E-state index >= 15 is 0 Å². The maximum absolute atomic E-state index is 13.1. The lowest BCUT2D eigenvalue weighted by Crippen LogP contribution is -2.45. The standard InChI is InChI=1S/C15H12F3N5OS/c1-14(3-10(15(16,17)18)23-13(20)24-14)11-2-8(7-25-11)9-5-21-12(4-19)22-6-9/h2,5-7,10H,3H2,1H3,(H2,20,23)/t10-,14-/m0/s1. The Labute approximate surface area is 144 Å². The summed E-state index contributed by atoms with van der Waals surface area (Å²) in [5.41, 5.74) is 5.60. The number of thiophene rings is 1. The monoisotopic (exact) mass is 367 g/mol. The number of halogens is 3. The first-order chi connectivity index (χ1) is 11.7. The number of rotatable bonds is 2. The van der Waals surface area contributed by atoms with Gasteiger partial charge < -0.3 is 10.5 Å². The van der Waals surface area contributed by atoms with Crippen molar-refractivity contribution in [3.05, 3.63) is 34.5 Å². The van der Waals surface area contributed by atoms with Gasteiger partial charge in [-0.05, 0) is 23.9 Å². The van der Waals surface area contributed by atoms with Crippen molar-refractivity contribution >= 4 is 17.4 Å². The van der Waals surface area contributed by atoms with E-state index in [1.54, 1.807) is 18.4 Å². The third-order valence-corrected chi connectivity index (χ3v) is 4.95. The molecule has 0 fully saturated rings. The molecule has 1 aliphatic heterocycles. The second kappa shape index (κ2) is 6.00. The molecule has 6 nitrogen and oxygen atoms in total. The molecule has 2 atom stereocenters. The number of amidine groups is 1. The summed E-state index contributed by atoms with van der Waals surface area (Å²) >= 11 is 1.25. The second-order valence-electron chi connectivity index (χ2n) is 5.67. The highest BCUT2D eigenvalue weighted by Crippen LogP contribution is 2.42. The van der Waals surface area contributed by atoms with Crippen molar-refractivity contribution in [2.45, 2.75) is 31.2 Å². The van der Waals surface area contributed by atoms with Crippen LogP contribution in [0.2, 0.25) is 0 Å². The average Bonchev–Trinajstić information content (AvgIpc) is 3.04. The van der Waals surface area contributed by atoms with E-state index in [1.807, 2.05) is 6.07 Å². The summed E-state index contributed by atoms with van der Waals surface area (Å²) < 4.78 is 44.6. The Morgan fingerprint density at radius 1 is 1.36 bits per heavy atom.